The second-order valence-corrected chi connectivity index (χ2v) is 6.14. The van der Waals surface area contributed by atoms with Gasteiger partial charge in [-0.2, -0.15) is 0 Å². The summed E-state index contributed by atoms with van der Waals surface area (Å²) in [5.74, 6) is -0.00337. The molecule has 0 amide bonds. The van der Waals surface area contributed by atoms with Crippen LogP contribution in [0.3, 0.4) is 0 Å². The van der Waals surface area contributed by atoms with Crippen LogP contribution in [0.2, 0.25) is 0 Å². The van der Waals surface area contributed by atoms with Gasteiger partial charge in [-0.25, -0.2) is 0 Å². The largest absolute Gasteiger partial charge is 0.293 e. The summed E-state index contributed by atoms with van der Waals surface area (Å²) in [6.45, 7) is 18.2. The lowest BCUT2D eigenvalue weighted by molar-refractivity contribution is 0.101. The average molecular weight is 261 g/mol. The smallest absolute Gasteiger partial charge is 0.178 e. The first-order valence-corrected chi connectivity index (χ1v) is 6.72. The Morgan fingerprint density at radius 1 is 1.32 bits per heavy atom. The number of nitrogens with zero attached hydrogens (tertiary/aromatic N) is 1. The minimum absolute atomic E-state index is 0.00337. The number of hydrogen-bond acceptors (Lipinski definition) is 2. The van der Waals surface area contributed by atoms with E-state index in [9.17, 15) is 4.79 Å². The molecule has 0 aliphatic carbocycles. The summed E-state index contributed by atoms with van der Waals surface area (Å²) in [4.78, 5) is 15.0. The van der Waals surface area contributed by atoms with Crippen molar-refractivity contribution in [3.63, 3.8) is 0 Å². The van der Waals surface area contributed by atoms with Crippen LogP contribution < -0.4 is 0 Å². The number of aromatic nitrogens is 1. The third-order valence-electron chi connectivity index (χ3n) is 2.99. The molecule has 0 aliphatic heterocycles. The molecule has 2 heteroatoms. The number of ketones is 1. The molecule has 1 aromatic heterocycles. The molecular formula is C17H27NO. The van der Waals surface area contributed by atoms with Gasteiger partial charge in [0.25, 0.3) is 0 Å². The maximum Gasteiger partial charge on any atom is 0.178 e. The van der Waals surface area contributed by atoms with Crippen molar-refractivity contribution < 1.29 is 4.79 Å². The molecule has 0 atom stereocenters. The first kappa shape index (κ1) is 17.6. The van der Waals surface area contributed by atoms with Gasteiger partial charge in [0.15, 0.2) is 5.78 Å². The molecule has 0 spiro atoms. The van der Waals surface area contributed by atoms with Crippen LogP contribution in [0.25, 0.3) is 5.57 Å². The van der Waals surface area contributed by atoms with E-state index in [0.29, 0.717) is 11.1 Å². The quantitative estimate of drug-likeness (QED) is 0.696. The molecule has 106 valence electrons. The maximum absolute atomic E-state index is 11.0. The number of aryl methyl sites for hydroxylation is 1. The van der Waals surface area contributed by atoms with Crippen molar-refractivity contribution in [2.75, 3.05) is 0 Å². The van der Waals surface area contributed by atoms with Crippen LogP contribution in [0, 0.1) is 12.3 Å². The Balaban J connectivity index is 0.000000459. The van der Waals surface area contributed by atoms with E-state index in [4.69, 9.17) is 0 Å². The zero-order chi connectivity index (χ0) is 15.2. The van der Waals surface area contributed by atoms with Gasteiger partial charge >= 0.3 is 0 Å². The molecule has 0 unspecified atom stereocenters. The molecule has 2 nitrogen and oxygen atoms in total. The molecule has 0 N–H and O–H groups in total. The number of carbonyl (C=O) groups is 1. The van der Waals surface area contributed by atoms with Crippen molar-refractivity contribution in [2.24, 2.45) is 5.41 Å². The molecule has 0 fully saturated rings. The van der Waals surface area contributed by atoms with E-state index in [2.05, 4.69) is 39.3 Å². The SMILES string of the molecule is C=C(C)c1cnc(C(C)=O)cc1C.CCC(C)(C)C. The summed E-state index contributed by atoms with van der Waals surface area (Å²) in [5, 5.41) is 0. The van der Waals surface area contributed by atoms with Crippen LogP contribution in [-0.2, 0) is 0 Å². The van der Waals surface area contributed by atoms with E-state index in [1.54, 1.807) is 12.3 Å². The highest BCUT2D eigenvalue weighted by Gasteiger charge is 2.05. The van der Waals surface area contributed by atoms with E-state index in [1.165, 1.54) is 13.3 Å². The molecule has 0 aromatic carbocycles. The Kier molecular flexibility index (Phi) is 6.68. The Morgan fingerprint density at radius 2 is 1.79 bits per heavy atom. The molecule has 1 heterocycles. The summed E-state index contributed by atoms with van der Waals surface area (Å²) < 4.78 is 0. The zero-order valence-corrected chi connectivity index (χ0v) is 13.4. The van der Waals surface area contributed by atoms with Crippen LogP contribution in [0.4, 0.5) is 0 Å². The van der Waals surface area contributed by atoms with E-state index < -0.39 is 0 Å². The summed E-state index contributed by atoms with van der Waals surface area (Å²) in [6.07, 6.45) is 2.97. The standard InChI is InChI=1S/C11H13NO.C6H14/c1-7(2)10-6-12-11(9(4)13)5-8(10)3;1-5-6(2,3)4/h5-6H,1H2,2-4H3;5H2,1-4H3. The summed E-state index contributed by atoms with van der Waals surface area (Å²) >= 11 is 0. The summed E-state index contributed by atoms with van der Waals surface area (Å²) in [5.41, 5.74) is 4.10. The summed E-state index contributed by atoms with van der Waals surface area (Å²) in [7, 11) is 0. The minimum atomic E-state index is -0.00337. The predicted octanol–water partition coefficient (Wildman–Crippen LogP) is 5.07. The van der Waals surface area contributed by atoms with Gasteiger partial charge in [0, 0.05) is 13.1 Å². The van der Waals surface area contributed by atoms with Gasteiger partial charge in [-0.1, -0.05) is 40.7 Å². The van der Waals surface area contributed by atoms with Crippen molar-refractivity contribution >= 4 is 11.4 Å². The highest BCUT2D eigenvalue weighted by Crippen LogP contribution is 2.16. The lowest BCUT2D eigenvalue weighted by atomic mass is 9.94. The molecule has 0 saturated carbocycles. The lowest BCUT2D eigenvalue weighted by Gasteiger charge is -2.12. The van der Waals surface area contributed by atoms with E-state index in [1.807, 2.05) is 13.8 Å². The van der Waals surface area contributed by atoms with Crippen molar-refractivity contribution in [3.05, 3.63) is 35.7 Å². The van der Waals surface area contributed by atoms with Gasteiger partial charge in [0.2, 0.25) is 0 Å². The van der Waals surface area contributed by atoms with Crippen molar-refractivity contribution in [1.82, 2.24) is 4.98 Å². The van der Waals surface area contributed by atoms with Gasteiger partial charge in [-0.3, -0.25) is 9.78 Å². The lowest BCUT2D eigenvalue weighted by Crippen LogP contribution is -2.00. The normalized spacial score (nSPS) is 10.5. The first-order chi connectivity index (χ1) is 8.58. The second-order valence-electron chi connectivity index (χ2n) is 6.14. The van der Waals surface area contributed by atoms with Gasteiger partial charge in [0.1, 0.15) is 5.69 Å². The van der Waals surface area contributed by atoms with Crippen LogP contribution in [0.5, 0.6) is 0 Å². The van der Waals surface area contributed by atoms with Crippen molar-refractivity contribution in [2.45, 2.75) is 54.9 Å². The Labute approximate surface area is 118 Å². The van der Waals surface area contributed by atoms with Gasteiger partial charge in [-0.15, -0.1) is 0 Å². The fourth-order valence-corrected chi connectivity index (χ4v) is 1.20. The van der Waals surface area contributed by atoms with E-state index in [0.717, 1.165) is 16.7 Å². The number of carbonyl (C=O) groups excluding carboxylic acids is 1. The molecule has 0 bridgehead atoms. The second kappa shape index (κ2) is 7.22. The van der Waals surface area contributed by atoms with Gasteiger partial charge in [-0.05, 0) is 42.0 Å². The Morgan fingerprint density at radius 3 is 2.05 bits per heavy atom. The highest BCUT2D eigenvalue weighted by molar-refractivity contribution is 5.92. The number of Topliss-reactive ketones (excluding diaryl/α,β-unsaturated/α-hetero) is 1. The third kappa shape index (κ3) is 6.90. The molecule has 0 radical (unpaired) electrons. The zero-order valence-electron chi connectivity index (χ0n) is 13.4. The Bertz CT molecular complexity index is 453. The van der Waals surface area contributed by atoms with Crippen LogP contribution in [0.1, 0.15) is 69.6 Å². The van der Waals surface area contributed by atoms with E-state index >= 15 is 0 Å². The van der Waals surface area contributed by atoms with E-state index in [-0.39, 0.29) is 5.78 Å². The molecule has 0 saturated heterocycles. The van der Waals surface area contributed by atoms with Crippen LogP contribution in [-0.4, -0.2) is 10.8 Å². The molecular weight excluding hydrogens is 234 g/mol. The number of hydrogen-bond donors (Lipinski definition) is 0. The Hall–Kier alpha value is -1.44. The van der Waals surface area contributed by atoms with Crippen LogP contribution in [0.15, 0.2) is 18.8 Å². The third-order valence-corrected chi connectivity index (χ3v) is 2.99. The fourth-order valence-electron chi connectivity index (χ4n) is 1.20. The summed E-state index contributed by atoms with van der Waals surface area (Å²) in [6, 6.07) is 1.80. The predicted molar refractivity (Wildman–Crippen MR) is 83.4 cm³/mol. The van der Waals surface area contributed by atoms with Crippen molar-refractivity contribution in [3.8, 4) is 0 Å². The monoisotopic (exact) mass is 261 g/mol. The fraction of sp³-hybridized carbons (Fsp3) is 0.529. The van der Waals surface area contributed by atoms with Gasteiger partial charge < -0.3 is 0 Å². The number of rotatable bonds is 2. The van der Waals surface area contributed by atoms with Crippen molar-refractivity contribution in [1.29, 1.82) is 0 Å². The van der Waals surface area contributed by atoms with Gasteiger partial charge in [0.05, 0.1) is 0 Å². The number of allylic oxidation sites excluding steroid dienone is 1. The minimum Gasteiger partial charge on any atom is -0.293 e. The first-order valence-electron chi connectivity index (χ1n) is 6.72. The number of pyridine rings is 1. The average Bonchev–Trinajstić information content (AvgIpc) is 2.28. The topological polar surface area (TPSA) is 30.0 Å². The molecule has 19 heavy (non-hydrogen) atoms. The molecule has 1 aromatic rings. The molecule has 0 aliphatic rings. The maximum atomic E-state index is 11.0. The van der Waals surface area contributed by atoms with Crippen LogP contribution >= 0.6 is 0 Å². The molecule has 1 rings (SSSR count). The highest BCUT2D eigenvalue weighted by atomic mass is 16.1.